The van der Waals surface area contributed by atoms with E-state index in [1.54, 1.807) is 0 Å². The van der Waals surface area contributed by atoms with Crippen LogP contribution in [-0.4, -0.2) is 74.3 Å². The van der Waals surface area contributed by atoms with Crippen LogP contribution in [0.2, 0.25) is 0 Å². The first-order valence-electron chi connectivity index (χ1n) is 31.2. The second-order valence-electron chi connectivity index (χ2n) is 21.5. The number of carbonyl (C=O) groups is 2. The van der Waals surface area contributed by atoms with Crippen LogP contribution in [0.1, 0.15) is 226 Å². The SMILES string of the molecule is CC/C=C\C/C=C\C/C=C\C/C=C\C/C=C\C/C=C\CCC(=O)NC(COP(=O)(O)OCC[N+](C)(C)C)C(/C=C/CCCCCCCCCCCCC)OC(=O)CCCCCCC/C=C\C/C=C\C/C=C\C/C=C\C/C=C\CC. The molecule has 0 aliphatic heterocycles. The first-order valence-corrected chi connectivity index (χ1v) is 32.7. The molecule has 0 aromatic heterocycles. The van der Waals surface area contributed by atoms with E-state index < -0.39 is 20.0 Å². The third kappa shape index (κ3) is 58.4. The lowest BCUT2D eigenvalue weighted by Gasteiger charge is -2.27. The number of quaternary nitrogens is 1. The van der Waals surface area contributed by atoms with Crippen LogP contribution in [0.3, 0.4) is 0 Å². The standard InChI is InChI=1S/C69H115N2O7P/c1-7-10-13-16-19-22-25-28-30-32-34-35-37-39-41-44-47-50-53-56-59-62-69(73)78-67(60-57-54-51-48-45-42-27-24-21-18-15-12-9-3)66(65-77-79(74,75)76-64-63-71(4,5)6)70-68(72)61-58-55-52-49-46-43-40-38-36-33-31-29-26-23-20-17-14-11-8-2/h10-11,13-14,19-20,22-23,28-31,34-36,38-39,41,43,46,52,55,57,60,66-67H,7-9,12,15-18,21,24-27,32-33,37,40,42,44-45,47-51,53-54,56,58-59,61-65H2,1-6H3,(H-,70,72,74,75)/p+1/b13-10-,14-11-,22-19-,23-20-,30-28-,31-29-,35-34-,38-36-,41-39-,46-43-,55-52-,60-57+. The summed E-state index contributed by atoms with van der Waals surface area (Å²) in [7, 11) is 1.41. The van der Waals surface area contributed by atoms with Crippen molar-refractivity contribution in [3.05, 3.63) is 146 Å². The zero-order valence-electron chi connectivity index (χ0n) is 51.1. The third-order valence-corrected chi connectivity index (χ3v) is 13.8. The molecule has 0 radical (unpaired) electrons. The molecule has 0 fully saturated rings. The molecule has 0 spiro atoms. The highest BCUT2D eigenvalue weighted by Crippen LogP contribution is 2.43. The van der Waals surface area contributed by atoms with E-state index in [-0.39, 0.29) is 37.9 Å². The minimum absolute atomic E-state index is 0.0148. The number of likely N-dealkylation sites (N-methyl/N-ethyl adjacent to an activating group) is 1. The molecule has 0 aromatic rings. The number of rotatable bonds is 54. The van der Waals surface area contributed by atoms with Gasteiger partial charge in [0.05, 0.1) is 33.8 Å². The lowest BCUT2D eigenvalue weighted by atomic mass is 10.0. The molecule has 448 valence electrons. The summed E-state index contributed by atoms with van der Waals surface area (Å²) >= 11 is 0. The number of phosphoric acid groups is 1. The molecular weight excluding hydrogens is 1000 g/mol. The van der Waals surface area contributed by atoms with E-state index in [9.17, 15) is 19.0 Å². The minimum atomic E-state index is -4.49. The van der Waals surface area contributed by atoms with Crippen molar-refractivity contribution in [1.82, 2.24) is 5.32 Å². The number of carbonyl (C=O) groups excluding carboxylic acids is 2. The average Bonchev–Trinajstić information content (AvgIpc) is 3.41. The van der Waals surface area contributed by atoms with Crippen molar-refractivity contribution in [3.8, 4) is 0 Å². The predicted molar refractivity (Wildman–Crippen MR) is 341 cm³/mol. The van der Waals surface area contributed by atoms with Gasteiger partial charge in [0.25, 0.3) is 0 Å². The Bertz CT molecular complexity index is 1860. The van der Waals surface area contributed by atoms with Crippen LogP contribution in [0.4, 0.5) is 0 Å². The van der Waals surface area contributed by atoms with E-state index in [1.165, 1.54) is 57.8 Å². The fourth-order valence-electron chi connectivity index (χ4n) is 8.05. The molecule has 9 nitrogen and oxygen atoms in total. The van der Waals surface area contributed by atoms with Crippen LogP contribution in [-0.2, 0) is 27.9 Å². The summed E-state index contributed by atoms with van der Waals surface area (Å²) in [5, 5.41) is 3.00. The largest absolute Gasteiger partial charge is 0.472 e. The Balaban J connectivity index is 5.45. The van der Waals surface area contributed by atoms with Crippen LogP contribution in [0.25, 0.3) is 0 Å². The molecule has 79 heavy (non-hydrogen) atoms. The van der Waals surface area contributed by atoms with Gasteiger partial charge in [-0.25, -0.2) is 4.57 Å². The maximum Gasteiger partial charge on any atom is 0.472 e. The summed E-state index contributed by atoms with van der Waals surface area (Å²) < 4.78 is 30.6. The van der Waals surface area contributed by atoms with Gasteiger partial charge < -0.3 is 19.4 Å². The Morgan fingerprint density at radius 3 is 1.24 bits per heavy atom. The van der Waals surface area contributed by atoms with Gasteiger partial charge in [0.2, 0.25) is 5.91 Å². The lowest BCUT2D eigenvalue weighted by Crippen LogP contribution is -2.47. The second kappa shape index (κ2) is 57.1. The smallest absolute Gasteiger partial charge is 0.456 e. The molecule has 0 aliphatic rings. The van der Waals surface area contributed by atoms with Gasteiger partial charge in [0.15, 0.2) is 0 Å². The predicted octanol–water partition coefficient (Wildman–Crippen LogP) is 19.4. The highest BCUT2D eigenvalue weighted by Gasteiger charge is 2.30. The first kappa shape index (κ1) is 74.9. The summed E-state index contributed by atoms with van der Waals surface area (Å²) in [4.78, 5) is 37.7. The fourth-order valence-corrected chi connectivity index (χ4v) is 8.78. The number of ether oxygens (including phenoxy) is 1. The number of allylic oxidation sites excluding steroid dienone is 23. The Morgan fingerprint density at radius 1 is 0.456 bits per heavy atom. The molecule has 0 saturated heterocycles. The summed E-state index contributed by atoms with van der Waals surface area (Å²) in [6, 6.07) is -0.909. The highest BCUT2D eigenvalue weighted by atomic mass is 31.2. The summed E-state index contributed by atoms with van der Waals surface area (Å²) in [6.45, 7) is 6.69. The van der Waals surface area contributed by atoms with Crippen LogP contribution in [0.15, 0.2) is 146 Å². The van der Waals surface area contributed by atoms with E-state index in [4.69, 9.17) is 13.8 Å². The average molecular weight is 1120 g/mol. The molecule has 0 aliphatic carbocycles. The monoisotopic (exact) mass is 1120 g/mol. The number of unbranched alkanes of at least 4 members (excludes halogenated alkanes) is 16. The molecule has 2 N–H and O–H groups in total. The number of nitrogens with zero attached hydrogens (tertiary/aromatic N) is 1. The Kier molecular flexibility index (Phi) is 54.2. The van der Waals surface area contributed by atoms with Crippen LogP contribution in [0, 0.1) is 0 Å². The van der Waals surface area contributed by atoms with Crippen molar-refractivity contribution in [3.63, 3.8) is 0 Å². The first-order chi connectivity index (χ1) is 38.4. The van der Waals surface area contributed by atoms with Gasteiger partial charge in [-0.15, -0.1) is 0 Å². The van der Waals surface area contributed by atoms with Crippen LogP contribution in [0.5, 0.6) is 0 Å². The van der Waals surface area contributed by atoms with Gasteiger partial charge in [-0.1, -0.05) is 244 Å². The van der Waals surface area contributed by atoms with Crippen molar-refractivity contribution in [2.75, 3.05) is 40.9 Å². The summed E-state index contributed by atoms with van der Waals surface area (Å²) in [6.07, 6.45) is 82.9. The Labute approximate surface area is 485 Å². The maximum atomic E-state index is 13.5. The Morgan fingerprint density at radius 2 is 0.823 bits per heavy atom. The number of nitrogens with one attached hydrogen (secondary N) is 1. The second-order valence-corrected chi connectivity index (χ2v) is 22.9. The topological polar surface area (TPSA) is 111 Å². The van der Waals surface area contributed by atoms with E-state index in [2.05, 4.69) is 148 Å². The maximum absolute atomic E-state index is 13.5. The molecule has 10 heteroatoms. The van der Waals surface area contributed by atoms with Crippen LogP contribution >= 0.6 is 7.82 Å². The van der Waals surface area contributed by atoms with Crippen molar-refractivity contribution >= 4 is 19.7 Å². The quantitative estimate of drug-likeness (QED) is 0.0205. The third-order valence-electron chi connectivity index (χ3n) is 12.8. The van der Waals surface area contributed by atoms with E-state index in [0.29, 0.717) is 23.9 Å². The molecule has 0 bridgehead atoms. The number of hydrogen-bond acceptors (Lipinski definition) is 6. The summed E-state index contributed by atoms with van der Waals surface area (Å²) in [5.41, 5.74) is 0. The molecule has 0 aromatic carbocycles. The van der Waals surface area contributed by atoms with Crippen molar-refractivity contribution in [1.29, 1.82) is 0 Å². The van der Waals surface area contributed by atoms with Gasteiger partial charge in [-0.2, -0.15) is 0 Å². The minimum Gasteiger partial charge on any atom is -0.456 e. The fraction of sp³-hybridized carbons (Fsp3) is 0.623. The molecule has 3 unspecified atom stereocenters. The highest BCUT2D eigenvalue weighted by molar-refractivity contribution is 7.47. The number of esters is 1. The molecule has 0 rings (SSSR count). The molecule has 0 saturated carbocycles. The molecular formula is C69H116N2O7P+. The molecule has 0 heterocycles. The van der Waals surface area contributed by atoms with E-state index >= 15 is 0 Å². The Hall–Kier alpha value is -4.11. The van der Waals surface area contributed by atoms with Gasteiger partial charge in [0, 0.05) is 12.8 Å². The zero-order chi connectivity index (χ0) is 57.9. The molecule has 3 atom stereocenters. The number of amides is 1. The van der Waals surface area contributed by atoms with Crippen molar-refractivity contribution in [2.45, 2.75) is 238 Å². The number of hydrogen-bond donors (Lipinski definition) is 2. The van der Waals surface area contributed by atoms with Gasteiger partial charge in [0.1, 0.15) is 19.3 Å². The number of phosphoric ester groups is 1. The van der Waals surface area contributed by atoms with Crippen molar-refractivity contribution in [2.24, 2.45) is 0 Å². The van der Waals surface area contributed by atoms with E-state index in [0.717, 1.165) is 122 Å². The molecule has 1 amide bonds. The van der Waals surface area contributed by atoms with E-state index in [1.807, 2.05) is 45.4 Å². The zero-order valence-corrected chi connectivity index (χ0v) is 51.9. The van der Waals surface area contributed by atoms with Crippen molar-refractivity contribution < 1.29 is 37.3 Å². The summed E-state index contributed by atoms with van der Waals surface area (Å²) in [5.74, 6) is -0.636. The normalized spacial score (nSPS) is 14.7. The lowest BCUT2D eigenvalue weighted by molar-refractivity contribution is -0.870. The van der Waals surface area contributed by atoms with Gasteiger partial charge >= 0.3 is 13.8 Å². The van der Waals surface area contributed by atoms with Crippen LogP contribution < -0.4 is 5.32 Å². The van der Waals surface area contributed by atoms with Gasteiger partial charge in [-0.3, -0.25) is 18.6 Å². The van der Waals surface area contributed by atoms with Gasteiger partial charge in [-0.05, 0) is 115 Å².